The molecule has 19 nitrogen and oxygen atoms in total. The molecule has 4 heterocycles. The van der Waals surface area contributed by atoms with Crippen molar-refractivity contribution in [2.45, 2.75) is 64.3 Å². The van der Waals surface area contributed by atoms with Crippen LogP contribution >= 0.6 is 0 Å². The van der Waals surface area contributed by atoms with Crippen LogP contribution in [0.5, 0.6) is 11.5 Å². The van der Waals surface area contributed by atoms with Crippen molar-refractivity contribution < 1.29 is 60.9 Å². The number of hydrogen-bond acceptors (Lipinski definition) is 16. The number of alkyl halides is 4. The molecular formula is C66H82F4N10O9. The summed E-state index contributed by atoms with van der Waals surface area (Å²) in [7, 11) is 5.25. The van der Waals surface area contributed by atoms with E-state index in [1.807, 2.05) is 104 Å². The maximum Gasteiger partial charge on any atom is 0.317 e. The highest BCUT2D eigenvalue weighted by molar-refractivity contribution is 5.99. The van der Waals surface area contributed by atoms with Gasteiger partial charge >= 0.3 is 5.97 Å². The molecule has 2 saturated heterocycles. The normalized spacial score (nSPS) is 14.5. The number of carboxylic acid groups (broad SMARTS) is 1. The first kappa shape index (κ1) is 72.9. The molecule has 4 N–H and O–H groups in total. The Morgan fingerprint density at radius 2 is 1.27 bits per heavy atom. The topological polar surface area (TPSA) is 240 Å². The number of aromatic nitrogens is 2. The van der Waals surface area contributed by atoms with Gasteiger partial charge in [0.05, 0.1) is 63.0 Å². The molecule has 0 radical (unpaired) electrons. The third-order valence-electron chi connectivity index (χ3n) is 13.9. The average Bonchev–Trinajstić information content (AvgIpc) is 2.23. The molecule has 2 aliphatic rings. The van der Waals surface area contributed by atoms with Gasteiger partial charge in [-0.3, -0.25) is 38.8 Å². The molecular weight excluding hydrogens is 1150 g/mol. The van der Waals surface area contributed by atoms with E-state index < -0.39 is 49.3 Å². The molecule has 2 aromatic heterocycles. The van der Waals surface area contributed by atoms with Crippen molar-refractivity contribution in [3.05, 3.63) is 133 Å². The fourth-order valence-corrected chi connectivity index (χ4v) is 9.15. The minimum atomic E-state index is -2.93. The molecule has 89 heavy (non-hydrogen) atoms. The van der Waals surface area contributed by atoms with E-state index in [4.69, 9.17) is 19.8 Å². The zero-order chi connectivity index (χ0) is 65.2. The average molecular weight is 1240 g/mol. The number of benzene rings is 4. The van der Waals surface area contributed by atoms with Crippen LogP contribution in [0.25, 0.3) is 44.1 Å². The zero-order valence-corrected chi connectivity index (χ0v) is 51.4. The Labute approximate surface area is 518 Å². The highest BCUT2D eigenvalue weighted by Crippen LogP contribution is 2.32. The number of likely N-dealkylation sites (N-methyl/N-ethyl adjacent to an activating group) is 4. The van der Waals surface area contributed by atoms with Gasteiger partial charge in [-0.05, 0) is 130 Å². The van der Waals surface area contributed by atoms with E-state index in [1.54, 1.807) is 44.7 Å². The molecule has 6 aromatic rings. The Kier molecular flexibility index (Phi) is 31.7. The van der Waals surface area contributed by atoms with Crippen LogP contribution in [-0.2, 0) is 19.2 Å². The predicted octanol–water partition coefficient (Wildman–Crippen LogP) is 8.71. The Bertz CT molecular complexity index is 3260. The number of halogens is 4. The van der Waals surface area contributed by atoms with Crippen molar-refractivity contribution in [3.8, 4) is 39.8 Å². The van der Waals surface area contributed by atoms with Crippen molar-refractivity contribution in [1.82, 2.24) is 45.5 Å². The lowest BCUT2D eigenvalue weighted by molar-refractivity contribution is -0.136. The number of fused-ring (bicyclic) bond motifs is 2. The first-order valence-corrected chi connectivity index (χ1v) is 29.3. The molecule has 0 saturated carbocycles. The number of nitrogens with one attached hydrogen (secondary N) is 3. The van der Waals surface area contributed by atoms with Gasteiger partial charge in [0, 0.05) is 79.9 Å². The van der Waals surface area contributed by atoms with E-state index in [-0.39, 0.29) is 38.5 Å². The number of carbonyl (C=O) groups is 6. The lowest BCUT2D eigenvalue weighted by Gasteiger charge is -2.18. The SMILES string of the molecule is C/C=C\CC.CCN(CC=O)CCNCC(=O)O.CN(CCCOc1ccc(-c2ccc3nccc(C=O)c3c2)cc1)CCOc1ccc(-c2ccc3nccc(C=O)c3c2)cc1.CNCC(=O)N1CC(F)(F)CC1C#N.CNCC(=O)N1CCC(F)(F)C1. The van der Waals surface area contributed by atoms with Crippen LogP contribution in [-0.4, -0.2) is 202 Å². The monoisotopic (exact) mass is 1230 g/mol. The molecule has 2 amide bonds. The second-order valence-electron chi connectivity index (χ2n) is 20.7. The highest BCUT2D eigenvalue weighted by Gasteiger charge is 2.47. The summed E-state index contributed by atoms with van der Waals surface area (Å²) in [4.78, 5) is 80.4. The van der Waals surface area contributed by atoms with Gasteiger partial charge in [-0.25, -0.2) is 17.6 Å². The number of likely N-dealkylation sites (tertiary alicyclic amines) is 2. The summed E-state index contributed by atoms with van der Waals surface area (Å²) in [5.41, 5.74) is 7.05. The van der Waals surface area contributed by atoms with Gasteiger partial charge in [-0.2, -0.15) is 5.26 Å². The quantitative estimate of drug-likeness (QED) is 0.0172. The van der Waals surface area contributed by atoms with Gasteiger partial charge < -0.3 is 50.0 Å². The highest BCUT2D eigenvalue weighted by atomic mass is 19.3. The van der Waals surface area contributed by atoms with E-state index in [0.717, 1.165) is 112 Å². The summed E-state index contributed by atoms with van der Waals surface area (Å²) in [5, 5.41) is 26.6. The number of aldehydes is 3. The summed E-state index contributed by atoms with van der Waals surface area (Å²) in [6.45, 7) is 10.7. The summed E-state index contributed by atoms with van der Waals surface area (Å²) in [5.74, 6) is -5.54. The number of amides is 2. The Hall–Kier alpha value is -8.53. The molecule has 1 atom stereocenters. The molecule has 2 fully saturated rings. The van der Waals surface area contributed by atoms with E-state index in [9.17, 15) is 46.3 Å². The molecule has 478 valence electrons. The van der Waals surface area contributed by atoms with Crippen molar-refractivity contribution in [3.63, 3.8) is 0 Å². The molecule has 0 spiro atoms. The van der Waals surface area contributed by atoms with E-state index >= 15 is 0 Å². The number of carbonyl (C=O) groups excluding carboxylic acids is 5. The molecule has 2 aliphatic heterocycles. The zero-order valence-electron chi connectivity index (χ0n) is 51.4. The Morgan fingerprint density at radius 3 is 1.72 bits per heavy atom. The van der Waals surface area contributed by atoms with Crippen molar-refractivity contribution in [1.29, 1.82) is 5.26 Å². The van der Waals surface area contributed by atoms with Crippen LogP contribution in [0.3, 0.4) is 0 Å². The summed E-state index contributed by atoms with van der Waals surface area (Å²) in [6, 6.07) is 32.1. The summed E-state index contributed by atoms with van der Waals surface area (Å²) < 4.78 is 62.9. The van der Waals surface area contributed by atoms with Crippen LogP contribution < -0.4 is 25.4 Å². The second-order valence-corrected chi connectivity index (χ2v) is 20.7. The van der Waals surface area contributed by atoms with Crippen LogP contribution in [0.1, 0.15) is 67.2 Å². The molecule has 4 aromatic carbocycles. The minimum Gasteiger partial charge on any atom is -0.494 e. The first-order valence-electron chi connectivity index (χ1n) is 29.3. The van der Waals surface area contributed by atoms with Crippen LogP contribution in [0.15, 0.2) is 122 Å². The number of aliphatic carboxylic acids is 1. The van der Waals surface area contributed by atoms with Crippen LogP contribution in [0, 0.1) is 11.3 Å². The molecule has 8 rings (SSSR count). The third-order valence-corrected chi connectivity index (χ3v) is 13.9. The Balaban J connectivity index is 0.000000310. The standard InChI is InChI=1S/C38H33N3O4.C8H11F2N3O.C8H16N2O3.C7H12F2N2O.C5H10/c1-41(20-22-45-34-11-5-28(6-12-34)30-8-14-38-36(24-30)32(26-43)16-18-40-38)19-2-21-44-33-9-3-27(4-10-33)29-7-13-37-35(23-29)31(25-42)15-17-39-37;1-12-4-7(14)13-5-8(9,10)2-6(13)3-11;1-2-10(5-6-11)4-3-9-7-8(12)13;1-10-4-6(12)11-3-2-7(8,9)5-11;1-3-5-4-2/h3-18,23-26H,2,19-22H2,1H3;6,12H,2,4-5H2,1H3;6,9H,2-5,7H2,1H3,(H,12,13);10H,2-5H2,1H3;3,5H,4H2,1-2H3/b;;;;5-3-. The van der Waals surface area contributed by atoms with E-state index in [1.165, 1.54) is 4.90 Å². The molecule has 0 bridgehead atoms. The molecule has 1 unspecified atom stereocenters. The fourth-order valence-electron chi connectivity index (χ4n) is 9.15. The number of hydrogen-bond donors (Lipinski definition) is 4. The summed E-state index contributed by atoms with van der Waals surface area (Å²) >= 11 is 0. The first-order chi connectivity index (χ1) is 42.8. The van der Waals surface area contributed by atoms with Crippen molar-refractivity contribution in [2.24, 2.45) is 0 Å². The van der Waals surface area contributed by atoms with Crippen molar-refractivity contribution >= 4 is 58.4 Å². The Morgan fingerprint density at radius 1 is 0.730 bits per heavy atom. The fraction of sp³-hybridized carbons (Fsp3) is 0.409. The van der Waals surface area contributed by atoms with Gasteiger partial charge in [0.15, 0.2) is 12.6 Å². The number of allylic oxidation sites excluding steroid dienone is 2. The third kappa shape index (κ3) is 25.2. The lowest BCUT2D eigenvalue weighted by atomic mass is 10.0. The number of carboxylic acids is 1. The van der Waals surface area contributed by atoms with Gasteiger partial charge in [0.2, 0.25) is 11.8 Å². The van der Waals surface area contributed by atoms with Gasteiger partial charge in [0.1, 0.15) is 30.4 Å². The lowest BCUT2D eigenvalue weighted by Crippen LogP contribution is -2.40. The van der Waals surface area contributed by atoms with Gasteiger partial charge in [0.25, 0.3) is 11.8 Å². The van der Waals surface area contributed by atoms with E-state index in [0.29, 0.717) is 44.0 Å². The van der Waals surface area contributed by atoms with Gasteiger partial charge in [-0.15, -0.1) is 0 Å². The van der Waals surface area contributed by atoms with Gasteiger partial charge in [-0.1, -0.05) is 62.4 Å². The van der Waals surface area contributed by atoms with Crippen molar-refractivity contribution in [2.75, 3.05) is 113 Å². The number of nitriles is 1. The van der Waals surface area contributed by atoms with Crippen LogP contribution in [0.4, 0.5) is 17.6 Å². The summed E-state index contributed by atoms with van der Waals surface area (Å²) in [6.07, 6.45) is 11.4. The number of pyridine rings is 2. The predicted molar refractivity (Wildman–Crippen MR) is 337 cm³/mol. The number of ether oxygens (including phenoxy) is 2. The smallest absolute Gasteiger partial charge is 0.317 e. The van der Waals surface area contributed by atoms with Crippen LogP contribution in [0.2, 0.25) is 0 Å². The maximum atomic E-state index is 12.9. The molecule has 23 heteroatoms. The maximum absolute atomic E-state index is 12.9. The minimum absolute atomic E-state index is 0.0196. The number of rotatable bonds is 26. The number of nitrogens with zero attached hydrogens (tertiary/aromatic N) is 7. The molecule has 0 aliphatic carbocycles. The van der Waals surface area contributed by atoms with E-state index in [2.05, 4.69) is 56.9 Å². The second kappa shape index (κ2) is 38.7. The largest absolute Gasteiger partial charge is 0.494 e.